The Hall–Kier alpha value is -1.48. The molecule has 0 aliphatic heterocycles. The topological polar surface area (TPSA) is 61.3 Å². The summed E-state index contributed by atoms with van der Waals surface area (Å²) in [4.78, 5) is 0. The Kier molecular flexibility index (Phi) is 11.3. The largest absolute Gasteiger partial charge is 0.405 e. The Morgan fingerprint density at radius 3 is 1.53 bits per heavy atom. The molecule has 0 aliphatic rings. The van der Waals surface area contributed by atoms with Crippen LogP contribution in [-0.4, -0.2) is 13.2 Å². The highest BCUT2D eigenvalue weighted by Gasteiger charge is 1.78. The number of ether oxygens (including phenoxy) is 1. The Morgan fingerprint density at radius 2 is 1.13 bits per heavy atom. The van der Waals surface area contributed by atoms with E-state index in [1.54, 1.807) is 12.4 Å². The first-order chi connectivity index (χ1) is 7.41. The minimum absolute atomic E-state index is 0.634. The molecule has 0 heterocycles. The van der Waals surface area contributed by atoms with E-state index in [-0.39, 0.29) is 0 Å². The quantitative estimate of drug-likeness (QED) is 0.472. The molecule has 0 saturated heterocycles. The van der Waals surface area contributed by atoms with Gasteiger partial charge in [-0.1, -0.05) is 36.5 Å². The average molecular weight is 208 g/mol. The summed E-state index contributed by atoms with van der Waals surface area (Å²) < 4.78 is 5.31. The van der Waals surface area contributed by atoms with Crippen molar-refractivity contribution in [2.75, 3.05) is 13.2 Å². The van der Waals surface area contributed by atoms with Gasteiger partial charge in [0.15, 0.2) is 0 Å². The van der Waals surface area contributed by atoms with Crippen LogP contribution in [0.15, 0.2) is 48.9 Å². The lowest BCUT2D eigenvalue weighted by molar-refractivity contribution is 0.193. The van der Waals surface area contributed by atoms with Crippen LogP contribution < -0.4 is 11.5 Å². The van der Waals surface area contributed by atoms with Gasteiger partial charge in [-0.2, -0.15) is 0 Å². The molecule has 3 nitrogen and oxygen atoms in total. The molecule has 0 aromatic heterocycles. The average Bonchev–Trinajstić information content (AvgIpc) is 2.26. The zero-order chi connectivity index (χ0) is 11.2. The minimum atomic E-state index is 0.634. The predicted molar refractivity (Wildman–Crippen MR) is 65.0 cm³/mol. The second-order valence-corrected chi connectivity index (χ2v) is 2.81. The molecule has 0 amide bonds. The zero-order valence-corrected chi connectivity index (χ0v) is 9.01. The fourth-order valence-electron chi connectivity index (χ4n) is 0.847. The van der Waals surface area contributed by atoms with Gasteiger partial charge < -0.3 is 16.2 Å². The highest BCUT2D eigenvalue weighted by Crippen LogP contribution is 1.87. The Balaban J connectivity index is 3.23. The van der Waals surface area contributed by atoms with E-state index in [0.717, 1.165) is 12.8 Å². The van der Waals surface area contributed by atoms with E-state index in [4.69, 9.17) is 16.2 Å². The number of nitrogens with two attached hydrogens (primary N) is 2. The second kappa shape index (κ2) is 12.5. The molecule has 0 saturated carbocycles. The van der Waals surface area contributed by atoms with E-state index < -0.39 is 0 Å². The third kappa shape index (κ3) is 12.5. The van der Waals surface area contributed by atoms with Gasteiger partial charge in [-0.25, -0.2) is 0 Å². The van der Waals surface area contributed by atoms with Gasteiger partial charge in [0.25, 0.3) is 0 Å². The van der Waals surface area contributed by atoms with Gasteiger partial charge in [-0.15, -0.1) is 0 Å². The van der Waals surface area contributed by atoms with Crippen molar-refractivity contribution in [2.24, 2.45) is 11.5 Å². The van der Waals surface area contributed by atoms with Crippen molar-refractivity contribution < 1.29 is 4.74 Å². The van der Waals surface area contributed by atoms with Crippen LogP contribution in [-0.2, 0) is 4.74 Å². The summed E-state index contributed by atoms with van der Waals surface area (Å²) >= 11 is 0. The lowest BCUT2D eigenvalue weighted by Crippen LogP contribution is -1.89. The fourth-order valence-corrected chi connectivity index (χ4v) is 0.847. The van der Waals surface area contributed by atoms with Crippen molar-refractivity contribution >= 4 is 0 Å². The summed E-state index contributed by atoms with van der Waals surface area (Å²) in [5.41, 5.74) is 10.4. The van der Waals surface area contributed by atoms with Gasteiger partial charge in [0.2, 0.25) is 0 Å². The van der Waals surface area contributed by atoms with Crippen LogP contribution in [0.3, 0.4) is 0 Å². The van der Waals surface area contributed by atoms with Gasteiger partial charge in [0.05, 0.1) is 13.2 Å². The van der Waals surface area contributed by atoms with Crippen LogP contribution in [0.25, 0.3) is 0 Å². The van der Waals surface area contributed by atoms with Crippen LogP contribution in [0.5, 0.6) is 0 Å². The van der Waals surface area contributed by atoms with Crippen LogP contribution in [0.1, 0.15) is 12.8 Å². The van der Waals surface area contributed by atoms with Gasteiger partial charge in [0, 0.05) is 0 Å². The van der Waals surface area contributed by atoms with Crippen LogP contribution in [0.4, 0.5) is 0 Å². The van der Waals surface area contributed by atoms with Crippen molar-refractivity contribution in [3.8, 4) is 0 Å². The van der Waals surface area contributed by atoms with E-state index in [9.17, 15) is 0 Å². The Labute approximate surface area is 91.8 Å². The third-order valence-electron chi connectivity index (χ3n) is 1.58. The molecule has 3 heteroatoms. The van der Waals surface area contributed by atoms with Crippen molar-refractivity contribution in [1.29, 1.82) is 0 Å². The number of hydrogen-bond acceptors (Lipinski definition) is 3. The Bertz CT molecular complexity index is 206. The highest BCUT2D eigenvalue weighted by molar-refractivity contribution is 4.92. The monoisotopic (exact) mass is 208 g/mol. The summed E-state index contributed by atoms with van der Waals surface area (Å²) in [6.07, 6.45) is 16.6. The summed E-state index contributed by atoms with van der Waals surface area (Å²) in [6.45, 7) is 1.27. The highest BCUT2D eigenvalue weighted by atomic mass is 16.5. The van der Waals surface area contributed by atoms with Gasteiger partial charge in [-0.05, 0) is 25.2 Å². The molecule has 0 spiro atoms. The van der Waals surface area contributed by atoms with Crippen LogP contribution >= 0.6 is 0 Å². The number of allylic oxidation sites excluding steroid dienone is 4. The molecule has 84 valence electrons. The smallest absolute Gasteiger partial charge is 0.0651 e. The van der Waals surface area contributed by atoms with Crippen molar-refractivity contribution in [3.05, 3.63) is 48.9 Å². The lowest BCUT2D eigenvalue weighted by Gasteiger charge is -1.93. The molecule has 0 rings (SSSR count). The first kappa shape index (κ1) is 13.5. The molecule has 0 aromatic rings. The molecular weight excluding hydrogens is 188 g/mol. The first-order valence-corrected chi connectivity index (χ1v) is 5.03. The molecule has 0 aromatic carbocycles. The number of hydrogen-bond donors (Lipinski definition) is 2. The summed E-state index contributed by atoms with van der Waals surface area (Å²) in [5, 5.41) is 0. The molecule has 15 heavy (non-hydrogen) atoms. The van der Waals surface area contributed by atoms with Gasteiger partial charge in [0.1, 0.15) is 0 Å². The molecule has 0 bridgehead atoms. The maximum absolute atomic E-state index is 5.31. The summed E-state index contributed by atoms with van der Waals surface area (Å²) in [7, 11) is 0. The van der Waals surface area contributed by atoms with Gasteiger partial charge in [-0.3, -0.25) is 0 Å². The lowest BCUT2D eigenvalue weighted by atomic mass is 10.3. The normalized spacial score (nSPS) is 12.8. The SMILES string of the molecule is NC=CCC=CCOCC=CCC=CN. The third-order valence-corrected chi connectivity index (χ3v) is 1.58. The molecule has 0 aliphatic carbocycles. The van der Waals surface area contributed by atoms with E-state index in [1.807, 2.05) is 36.5 Å². The summed E-state index contributed by atoms with van der Waals surface area (Å²) in [5.74, 6) is 0. The van der Waals surface area contributed by atoms with E-state index in [2.05, 4.69) is 0 Å². The fraction of sp³-hybridized carbons (Fsp3) is 0.333. The minimum Gasteiger partial charge on any atom is -0.405 e. The number of rotatable bonds is 8. The molecule has 0 atom stereocenters. The zero-order valence-electron chi connectivity index (χ0n) is 9.01. The van der Waals surface area contributed by atoms with E-state index >= 15 is 0 Å². The molecule has 0 unspecified atom stereocenters. The Morgan fingerprint density at radius 1 is 0.667 bits per heavy atom. The maximum Gasteiger partial charge on any atom is 0.0651 e. The van der Waals surface area contributed by atoms with E-state index in [1.165, 1.54) is 0 Å². The van der Waals surface area contributed by atoms with Crippen LogP contribution in [0.2, 0.25) is 0 Å². The van der Waals surface area contributed by atoms with Crippen molar-refractivity contribution in [2.45, 2.75) is 12.8 Å². The van der Waals surface area contributed by atoms with Crippen molar-refractivity contribution in [1.82, 2.24) is 0 Å². The molecule has 0 fully saturated rings. The second-order valence-electron chi connectivity index (χ2n) is 2.81. The standard InChI is InChI=1S/C12H20N2O/c13-9-5-1-3-7-11-15-12-8-4-2-6-10-14/h3-10H,1-2,11-14H2. The molecule has 4 N–H and O–H groups in total. The molecular formula is C12H20N2O. The molecule has 0 radical (unpaired) electrons. The van der Waals surface area contributed by atoms with Crippen LogP contribution in [0, 0.1) is 0 Å². The summed E-state index contributed by atoms with van der Waals surface area (Å²) in [6, 6.07) is 0. The first-order valence-electron chi connectivity index (χ1n) is 5.03. The maximum atomic E-state index is 5.31. The van der Waals surface area contributed by atoms with Gasteiger partial charge >= 0.3 is 0 Å². The van der Waals surface area contributed by atoms with E-state index in [0.29, 0.717) is 13.2 Å². The van der Waals surface area contributed by atoms with Crippen molar-refractivity contribution in [3.63, 3.8) is 0 Å². The predicted octanol–water partition coefficient (Wildman–Crippen LogP) is 1.84.